The zero-order valence-corrected chi connectivity index (χ0v) is 14.4. The van der Waals surface area contributed by atoms with Crippen molar-refractivity contribution in [3.63, 3.8) is 0 Å². The molecule has 1 aromatic carbocycles. The van der Waals surface area contributed by atoms with Crippen LogP contribution in [0.4, 0.5) is 5.13 Å². The Morgan fingerprint density at radius 3 is 2.87 bits per heavy atom. The van der Waals surface area contributed by atoms with Crippen molar-refractivity contribution in [1.29, 1.82) is 0 Å². The topological polar surface area (TPSA) is 51.7 Å². The van der Waals surface area contributed by atoms with Crippen LogP contribution in [0.5, 0.6) is 0 Å². The first-order valence-corrected chi connectivity index (χ1v) is 8.47. The third kappa shape index (κ3) is 3.34. The molecule has 2 heterocycles. The molecule has 2 atom stereocenters. The van der Waals surface area contributed by atoms with Crippen LogP contribution in [-0.2, 0) is 9.47 Å². The standard InChI is InChI=1S/C16H17ClN2O3S/c1-10-8-19(12(9-22-10)11-6-4-3-5-7-11)16-18-14(17)13(23-16)15(20)21-2/h3-7,10,12H,8-9H2,1-2H3. The second-order valence-corrected chi connectivity index (χ2v) is 6.67. The molecule has 0 saturated carbocycles. The van der Waals surface area contributed by atoms with E-state index in [4.69, 9.17) is 21.1 Å². The van der Waals surface area contributed by atoms with Crippen LogP contribution in [0.25, 0.3) is 0 Å². The van der Waals surface area contributed by atoms with E-state index < -0.39 is 5.97 Å². The van der Waals surface area contributed by atoms with Crippen LogP contribution < -0.4 is 4.90 Å². The number of benzene rings is 1. The summed E-state index contributed by atoms with van der Waals surface area (Å²) in [6.45, 7) is 3.27. The molecule has 23 heavy (non-hydrogen) atoms. The maximum Gasteiger partial charge on any atom is 0.351 e. The van der Waals surface area contributed by atoms with Crippen LogP contribution in [0.3, 0.4) is 0 Å². The molecule has 0 amide bonds. The Labute approximate surface area is 143 Å². The number of carbonyl (C=O) groups excluding carboxylic acids is 1. The quantitative estimate of drug-likeness (QED) is 0.791. The number of ether oxygens (including phenoxy) is 2. The predicted octanol–water partition coefficient (Wildman–Crippen LogP) is 3.55. The molecule has 122 valence electrons. The van der Waals surface area contributed by atoms with E-state index in [9.17, 15) is 4.79 Å². The molecule has 0 radical (unpaired) electrons. The third-order valence-electron chi connectivity index (χ3n) is 3.74. The van der Waals surface area contributed by atoms with E-state index in [-0.39, 0.29) is 17.3 Å². The van der Waals surface area contributed by atoms with Crippen LogP contribution in [-0.4, -0.2) is 37.3 Å². The van der Waals surface area contributed by atoms with E-state index in [2.05, 4.69) is 22.0 Å². The Kier molecular flexibility index (Phi) is 4.84. The van der Waals surface area contributed by atoms with Gasteiger partial charge >= 0.3 is 5.97 Å². The lowest BCUT2D eigenvalue weighted by atomic mass is 10.0. The fourth-order valence-corrected chi connectivity index (χ4v) is 3.86. The average molecular weight is 353 g/mol. The molecular weight excluding hydrogens is 336 g/mol. The zero-order chi connectivity index (χ0) is 16.4. The Balaban J connectivity index is 1.95. The highest BCUT2D eigenvalue weighted by Gasteiger charge is 2.31. The molecule has 2 aromatic rings. The number of esters is 1. The summed E-state index contributed by atoms with van der Waals surface area (Å²) in [6, 6.07) is 10.2. The van der Waals surface area contributed by atoms with Crippen molar-refractivity contribution in [2.45, 2.75) is 19.1 Å². The molecule has 1 aliphatic rings. The lowest BCUT2D eigenvalue weighted by Gasteiger charge is -2.38. The van der Waals surface area contributed by atoms with Gasteiger partial charge in [0, 0.05) is 6.54 Å². The van der Waals surface area contributed by atoms with Crippen molar-refractivity contribution in [3.05, 3.63) is 45.9 Å². The number of hydrogen-bond donors (Lipinski definition) is 0. The van der Waals surface area contributed by atoms with Crippen LogP contribution in [0, 0.1) is 0 Å². The number of halogens is 1. The van der Waals surface area contributed by atoms with E-state index in [0.717, 1.165) is 5.56 Å². The maximum atomic E-state index is 11.8. The highest BCUT2D eigenvalue weighted by atomic mass is 35.5. The van der Waals surface area contributed by atoms with Crippen molar-refractivity contribution < 1.29 is 14.3 Å². The number of carbonyl (C=O) groups is 1. The second kappa shape index (κ2) is 6.86. The fraction of sp³-hybridized carbons (Fsp3) is 0.375. The van der Waals surface area contributed by atoms with Gasteiger partial charge in [-0.25, -0.2) is 9.78 Å². The molecule has 0 bridgehead atoms. The summed E-state index contributed by atoms with van der Waals surface area (Å²) in [4.78, 5) is 18.6. The summed E-state index contributed by atoms with van der Waals surface area (Å²) in [7, 11) is 1.33. The Morgan fingerprint density at radius 1 is 1.43 bits per heavy atom. The summed E-state index contributed by atoms with van der Waals surface area (Å²) >= 11 is 7.36. The summed E-state index contributed by atoms with van der Waals surface area (Å²) < 4.78 is 10.6. The van der Waals surface area contributed by atoms with Crippen LogP contribution in [0.1, 0.15) is 28.2 Å². The minimum absolute atomic E-state index is 0.0418. The first-order chi connectivity index (χ1) is 11.1. The summed E-state index contributed by atoms with van der Waals surface area (Å²) in [6.07, 6.45) is 0.0826. The fourth-order valence-electron chi connectivity index (χ4n) is 2.60. The number of nitrogens with zero attached hydrogens (tertiary/aromatic N) is 2. The summed E-state index contributed by atoms with van der Waals surface area (Å²) in [5, 5.41) is 0.891. The summed E-state index contributed by atoms with van der Waals surface area (Å²) in [5.41, 5.74) is 1.14. The maximum absolute atomic E-state index is 11.8. The first-order valence-electron chi connectivity index (χ1n) is 7.28. The molecule has 2 unspecified atom stereocenters. The molecule has 1 saturated heterocycles. The van der Waals surface area contributed by atoms with Crippen molar-refractivity contribution in [3.8, 4) is 0 Å². The molecular formula is C16H17ClN2O3S. The molecule has 3 rings (SSSR count). The van der Waals surface area contributed by atoms with Gasteiger partial charge in [-0.05, 0) is 12.5 Å². The molecule has 0 spiro atoms. The molecule has 0 N–H and O–H groups in total. The van der Waals surface area contributed by atoms with Crippen molar-refractivity contribution in [2.24, 2.45) is 0 Å². The number of methoxy groups -OCH3 is 1. The van der Waals surface area contributed by atoms with Gasteiger partial charge < -0.3 is 14.4 Å². The Hall–Kier alpha value is -1.63. The van der Waals surface area contributed by atoms with Crippen LogP contribution >= 0.6 is 22.9 Å². The van der Waals surface area contributed by atoms with E-state index in [1.165, 1.54) is 18.4 Å². The number of anilines is 1. The van der Waals surface area contributed by atoms with Gasteiger partial charge in [-0.2, -0.15) is 0 Å². The van der Waals surface area contributed by atoms with Gasteiger partial charge in [0.25, 0.3) is 0 Å². The van der Waals surface area contributed by atoms with Gasteiger partial charge in [0.05, 0.1) is 25.9 Å². The van der Waals surface area contributed by atoms with Gasteiger partial charge in [-0.3, -0.25) is 0 Å². The second-order valence-electron chi connectivity index (χ2n) is 5.33. The number of thiazole rings is 1. The SMILES string of the molecule is COC(=O)c1sc(N2CC(C)OCC2c2ccccc2)nc1Cl. The lowest BCUT2D eigenvalue weighted by molar-refractivity contribution is 0.0303. The van der Waals surface area contributed by atoms with E-state index >= 15 is 0 Å². The number of aromatic nitrogens is 1. The highest BCUT2D eigenvalue weighted by molar-refractivity contribution is 7.18. The van der Waals surface area contributed by atoms with Crippen molar-refractivity contribution in [1.82, 2.24) is 4.98 Å². The van der Waals surface area contributed by atoms with Gasteiger partial charge in [-0.1, -0.05) is 53.3 Å². The van der Waals surface area contributed by atoms with E-state index in [1.807, 2.05) is 25.1 Å². The number of rotatable bonds is 3. The predicted molar refractivity (Wildman–Crippen MR) is 90.4 cm³/mol. The van der Waals surface area contributed by atoms with Crippen molar-refractivity contribution >= 4 is 34.0 Å². The van der Waals surface area contributed by atoms with Gasteiger partial charge in [-0.15, -0.1) is 0 Å². The first kappa shape index (κ1) is 16.2. The Bertz CT molecular complexity index is 692. The molecule has 5 nitrogen and oxygen atoms in total. The Morgan fingerprint density at radius 2 is 2.17 bits per heavy atom. The zero-order valence-electron chi connectivity index (χ0n) is 12.9. The number of morpholine rings is 1. The van der Waals surface area contributed by atoms with E-state index in [1.54, 1.807) is 0 Å². The average Bonchev–Trinajstić information content (AvgIpc) is 2.96. The van der Waals surface area contributed by atoms with Crippen LogP contribution in [0.2, 0.25) is 5.15 Å². The van der Waals surface area contributed by atoms with Gasteiger partial charge in [0.15, 0.2) is 15.2 Å². The monoisotopic (exact) mass is 352 g/mol. The minimum atomic E-state index is -0.462. The summed E-state index contributed by atoms with van der Waals surface area (Å²) in [5.74, 6) is -0.462. The molecule has 1 fully saturated rings. The largest absolute Gasteiger partial charge is 0.465 e. The van der Waals surface area contributed by atoms with E-state index in [0.29, 0.717) is 23.2 Å². The lowest BCUT2D eigenvalue weighted by Crippen LogP contribution is -2.43. The third-order valence-corrected chi connectivity index (χ3v) is 5.20. The number of hydrogen-bond acceptors (Lipinski definition) is 6. The molecule has 0 aliphatic carbocycles. The van der Waals surface area contributed by atoms with Crippen molar-refractivity contribution in [2.75, 3.05) is 25.2 Å². The molecule has 1 aromatic heterocycles. The highest BCUT2D eigenvalue weighted by Crippen LogP contribution is 2.37. The van der Waals surface area contributed by atoms with Crippen LogP contribution in [0.15, 0.2) is 30.3 Å². The normalized spacial score (nSPS) is 21.3. The van der Waals surface area contributed by atoms with Gasteiger partial charge in [0.1, 0.15) is 0 Å². The molecule has 7 heteroatoms. The minimum Gasteiger partial charge on any atom is -0.465 e. The molecule has 1 aliphatic heterocycles. The van der Waals surface area contributed by atoms with Gasteiger partial charge in [0.2, 0.25) is 0 Å². The smallest absolute Gasteiger partial charge is 0.351 e.